The maximum Gasteiger partial charge on any atom is 0.317 e. The first-order valence-electron chi connectivity index (χ1n) is 8.75. The van der Waals surface area contributed by atoms with Gasteiger partial charge in [-0.25, -0.2) is 4.79 Å². The Morgan fingerprint density at radius 2 is 2.04 bits per heavy atom. The van der Waals surface area contributed by atoms with Crippen LogP contribution >= 0.6 is 11.3 Å². The number of hydrogen-bond acceptors (Lipinski definition) is 5. The number of urea groups is 1. The summed E-state index contributed by atoms with van der Waals surface area (Å²) in [5, 5.41) is 7.24. The first-order valence-corrected chi connectivity index (χ1v) is 9.69. The number of thiophene rings is 1. The molecular weight excluding hydrogens is 350 g/mol. The average molecular weight is 373 g/mol. The molecule has 1 saturated heterocycles. The Hall–Kier alpha value is -2.25. The van der Waals surface area contributed by atoms with Gasteiger partial charge in [0, 0.05) is 19.5 Å². The second-order valence-electron chi connectivity index (χ2n) is 6.96. The van der Waals surface area contributed by atoms with E-state index in [1.54, 1.807) is 16.2 Å². The minimum Gasteiger partial charge on any atom is -0.447 e. The molecule has 6 nitrogen and oxygen atoms in total. The second kappa shape index (κ2) is 6.81. The highest BCUT2D eigenvalue weighted by molar-refractivity contribution is 7.07. The Bertz CT molecular complexity index is 753. The van der Waals surface area contributed by atoms with E-state index in [0.717, 1.165) is 11.5 Å². The molecule has 1 fully saturated rings. The van der Waals surface area contributed by atoms with E-state index in [0.29, 0.717) is 26.1 Å². The van der Waals surface area contributed by atoms with Crippen LogP contribution in [0, 0.1) is 0 Å². The van der Waals surface area contributed by atoms with Crippen molar-refractivity contribution in [3.05, 3.63) is 46.7 Å². The van der Waals surface area contributed by atoms with E-state index in [-0.39, 0.29) is 12.1 Å². The molecule has 4 rings (SSSR count). The number of amides is 2. The van der Waals surface area contributed by atoms with Crippen molar-refractivity contribution in [3.63, 3.8) is 0 Å². The Morgan fingerprint density at radius 3 is 2.65 bits per heavy atom. The van der Waals surface area contributed by atoms with E-state index < -0.39 is 5.79 Å². The SMILES string of the molecule is CN(C)C(CNC(=O)N1CCC2(C1)Oc1ccccc1O2)c1ccsc1. The summed E-state index contributed by atoms with van der Waals surface area (Å²) in [6.07, 6.45) is 0.663. The van der Waals surface area contributed by atoms with Crippen LogP contribution in [0.3, 0.4) is 0 Å². The predicted octanol–water partition coefficient (Wildman–Crippen LogP) is 2.93. The number of benzene rings is 1. The topological polar surface area (TPSA) is 54.0 Å². The third-order valence-corrected chi connectivity index (χ3v) is 5.62. The van der Waals surface area contributed by atoms with Crippen LogP contribution < -0.4 is 14.8 Å². The molecule has 0 radical (unpaired) electrons. The normalized spacial score (nSPS) is 18.5. The van der Waals surface area contributed by atoms with Crippen molar-refractivity contribution < 1.29 is 14.3 Å². The number of nitrogens with zero attached hydrogens (tertiary/aromatic N) is 2. The molecule has 7 heteroatoms. The molecule has 1 aromatic carbocycles. The van der Waals surface area contributed by atoms with Crippen LogP contribution in [0.1, 0.15) is 18.0 Å². The Morgan fingerprint density at radius 1 is 1.31 bits per heavy atom. The summed E-state index contributed by atoms with van der Waals surface area (Å²) in [5.41, 5.74) is 1.22. The number of carbonyl (C=O) groups is 1. The number of hydrogen-bond donors (Lipinski definition) is 1. The number of fused-ring (bicyclic) bond motifs is 1. The van der Waals surface area contributed by atoms with Gasteiger partial charge in [-0.3, -0.25) is 0 Å². The lowest BCUT2D eigenvalue weighted by Crippen LogP contribution is -2.46. The molecule has 3 heterocycles. The first-order chi connectivity index (χ1) is 12.6. The highest BCUT2D eigenvalue weighted by atomic mass is 32.1. The Balaban J connectivity index is 1.35. The van der Waals surface area contributed by atoms with Gasteiger partial charge in [-0.15, -0.1) is 0 Å². The standard InChI is InChI=1S/C19H23N3O3S/c1-21(2)15(14-7-10-26-12-14)11-20-18(23)22-9-8-19(13-22)24-16-5-3-4-6-17(16)25-19/h3-7,10,12,15H,8-9,11,13H2,1-2H3,(H,20,23). The lowest BCUT2D eigenvalue weighted by Gasteiger charge is -2.26. The molecule has 26 heavy (non-hydrogen) atoms. The molecule has 1 aromatic heterocycles. The third kappa shape index (κ3) is 3.24. The highest BCUT2D eigenvalue weighted by Gasteiger charge is 2.48. The van der Waals surface area contributed by atoms with Crippen LogP contribution in [0.5, 0.6) is 11.5 Å². The fraction of sp³-hybridized carbons (Fsp3) is 0.421. The van der Waals surface area contributed by atoms with Gasteiger partial charge in [0.1, 0.15) is 0 Å². The molecule has 2 aliphatic heterocycles. The van der Waals surface area contributed by atoms with Gasteiger partial charge in [-0.2, -0.15) is 11.3 Å². The first kappa shape index (κ1) is 17.2. The monoisotopic (exact) mass is 373 g/mol. The lowest BCUT2D eigenvalue weighted by atomic mass is 10.1. The summed E-state index contributed by atoms with van der Waals surface area (Å²) in [5.74, 6) is 0.759. The number of para-hydroxylation sites is 2. The van der Waals surface area contributed by atoms with Crippen LogP contribution in [0.15, 0.2) is 41.1 Å². The number of rotatable bonds is 4. The molecule has 0 aliphatic carbocycles. The van der Waals surface area contributed by atoms with Gasteiger partial charge >= 0.3 is 6.03 Å². The molecule has 1 spiro atoms. The van der Waals surface area contributed by atoms with Gasteiger partial charge in [-0.05, 0) is 48.6 Å². The maximum absolute atomic E-state index is 12.6. The molecule has 0 bridgehead atoms. The highest BCUT2D eigenvalue weighted by Crippen LogP contribution is 2.42. The van der Waals surface area contributed by atoms with Crippen LogP contribution in [-0.2, 0) is 0 Å². The molecule has 0 saturated carbocycles. The summed E-state index contributed by atoms with van der Waals surface area (Å²) >= 11 is 1.67. The van der Waals surface area contributed by atoms with E-state index in [1.165, 1.54) is 5.56 Å². The van der Waals surface area contributed by atoms with Crippen LogP contribution in [0.4, 0.5) is 4.79 Å². The van der Waals surface area contributed by atoms with Gasteiger partial charge in [-0.1, -0.05) is 12.1 Å². The van der Waals surface area contributed by atoms with Crippen molar-refractivity contribution in [2.75, 3.05) is 33.7 Å². The average Bonchev–Trinajstić information content (AvgIpc) is 3.34. The van der Waals surface area contributed by atoms with Crippen molar-refractivity contribution in [2.24, 2.45) is 0 Å². The quantitative estimate of drug-likeness (QED) is 0.895. The van der Waals surface area contributed by atoms with Gasteiger partial charge in [0.2, 0.25) is 0 Å². The molecule has 2 amide bonds. The summed E-state index contributed by atoms with van der Waals surface area (Å²) < 4.78 is 12.0. The van der Waals surface area contributed by atoms with Gasteiger partial charge in [0.05, 0.1) is 12.6 Å². The lowest BCUT2D eigenvalue weighted by molar-refractivity contribution is -0.0650. The van der Waals surface area contributed by atoms with Crippen molar-refractivity contribution in [3.8, 4) is 11.5 Å². The van der Waals surface area contributed by atoms with Crippen molar-refractivity contribution in [1.82, 2.24) is 15.1 Å². The Kier molecular flexibility index (Phi) is 4.50. The number of likely N-dealkylation sites (tertiary alicyclic amines) is 1. The van der Waals surface area contributed by atoms with Crippen molar-refractivity contribution in [1.29, 1.82) is 0 Å². The van der Waals surface area contributed by atoms with Crippen molar-refractivity contribution >= 4 is 17.4 Å². The van der Waals surface area contributed by atoms with Gasteiger partial charge in [0.25, 0.3) is 5.79 Å². The van der Waals surface area contributed by atoms with E-state index >= 15 is 0 Å². The molecule has 2 aromatic rings. The number of carbonyl (C=O) groups excluding carboxylic acids is 1. The fourth-order valence-corrected chi connectivity index (χ4v) is 4.20. The number of nitrogens with one attached hydrogen (secondary N) is 1. The zero-order valence-corrected chi connectivity index (χ0v) is 15.8. The summed E-state index contributed by atoms with van der Waals surface area (Å²) in [6, 6.07) is 9.82. The smallest absolute Gasteiger partial charge is 0.317 e. The third-order valence-electron chi connectivity index (χ3n) is 4.92. The van der Waals surface area contributed by atoms with Crippen LogP contribution in [0.25, 0.3) is 0 Å². The fourth-order valence-electron chi connectivity index (χ4n) is 3.49. The maximum atomic E-state index is 12.6. The zero-order chi connectivity index (χ0) is 18.1. The molecule has 138 valence electrons. The molecular formula is C19H23N3O3S. The van der Waals surface area contributed by atoms with Gasteiger partial charge < -0.3 is 24.6 Å². The minimum atomic E-state index is -0.741. The Labute approximate surface area is 157 Å². The van der Waals surface area contributed by atoms with Gasteiger partial charge in [0.15, 0.2) is 11.5 Å². The van der Waals surface area contributed by atoms with E-state index in [4.69, 9.17) is 9.47 Å². The molecule has 1 unspecified atom stereocenters. The summed E-state index contributed by atoms with van der Waals surface area (Å²) in [6.45, 7) is 1.61. The van der Waals surface area contributed by atoms with E-state index in [1.807, 2.05) is 38.4 Å². The number of ether oxygens (including phenoxy) is 2. The van der Waals surface area contributed by atoms with Crippen molar-refractivity contribution in [2.45, 2.75) is 18.2 Å². The van der Waals surface area contributed by atoms with E-state index in [9.17, 15) is 4.79 Å². The van der Waals surface area contributed by atoms with Crippen LogP contribution in [0.2, 0.25) is 0 Å². The molecule has 1 atom stereocenters. The summed E-state index contributed by atoms with van der Waals surface area (Å²) in [4.78, 5) is 16.5. The van der Waals surface area contributed by atoms with E-state index in [2.05, 4.69) is 27.0 Å². The number of likely N-dealkylation sites (N-methyl/N-ethyl adjacent to an activating group) is 1. The zero-order valence-electron chi connectivity index (χ0n) is 15.0. The summed E-state index contributed by atoms with van der Waals surface area (Å²) in [7, 11) is 4.05. The predicted molar refractivity (Wildman–Crippen MR) is 101 cm³/mol. The second-order valence-corrected chi connectivity index (χ2v) is 7.74. The molecule has 2 aliphatic rings. The molecule has 1 N–H and O–H groups in total. The minimum absolute atomic E-state index is 0.0767. The largest absolute Gasteiger partial charge is 0.447 e. The van der Waals surface area contributed by atoms with Crippen LogP contribution in [-0.4, -0.2) is 55.3 Å².